The largest absolute Gasteiger partial charge is 0.348 e. The molecule has 1 atom stereocenters. The Balaban J connectivity index is 2.39. The van der Waals surface area contributed by atoms with Gasteiger partial charge >= 0.3 is 0 Å². The number of nitrogens with two attached hydrogens (primary N) is 1. The number of amides is 2. The second kappa shape index (κ2) is 6.59. The molecule has 1 aromatic heterocycles. The van der Waals surface area contributed by atoms with Crippen molar-refractivity contribution in [2.24, 2.45) is 5.73 Å². The maximum atomic E-state index is 11.5. The predicted octanol–water partition coefficient (Wildman–Crippen LogP) is -0.666. The Morgan fingerprint density at radius 2 is 2.24 bits per heavy atom. The van der Waals surface area contributed by atoms with E-state index in [0.717, 1.165) is 5.56 Å². The topological polar surface area (TPSA) is 97.1 Å². The van der Waals surface area contributed by atoms with Gasteiger partial charge in [-0.2, -0.15) is 0 Å². The lowest BCUT2D eigenvalue weighted by molar-refractivity contribution is -0.125. The SMILES string of the molecule is CC(NC(=O)CNC(=O)CN)c1cccnc1. The summed E-state index contributed by atoms with van der Waals surface area (Å²) in [5, 5.41) is 5.14. The smallest absolute Gasteiger partial charge is 0.239 e. The fraction of sp³-hybridized carbons (Fsp3) is 0.364. The Hall–Kier alpha value is -1.95. The minimum atomic E-state index is -0.353. The summed E-state index contributed by atoms with van der Waals surface area (Å²) >= 11 is 0. The number of hydrogen-bond donors (Lipinski definition) is 3. The Labute approximate surface area is 99.6 Å². The molecule has 0 spiro atoms. The zero-order valence-corrected chi connectivity index (χ0v) is 9.64. The van der Waals surface area contributed by atoms with Gasteiger partial charge in [0, 0.05) is 12.4 Å². The summed E-state index contributed by atoms with van der Waals surface area (Å²) in [6.45, 7) is 1.66. The molecule has 1 rings (SSSR count). The summed E-state index contributed by atoms with van der Waals surface area (Å²) in [6.07, 6.45) is 3.35. The van der Waals surface area contributed by atoms with E-state index in [1.165, 1.54) is 0 Å². The minimum Gasteiger partial charge on any atom is -0.348 e. The average Bonchev–Trinajstić information content (AvgIpc) is 2.36. The average molecular weight is 236 g/mol. The first-order chi connectivity index (χ1) is 8.13. The Bertz CT molecular complexity index is 380. The van der Waals surface area contributed by atoms with Gasteiger partial charge in [-0.3, -0.25) is 14.6 Å². The molecular weight excluding hydrogens is 220 g/mol. The number of nitrogens with zero attached hydrogens (tertiary/aromatic N) is 1. The van der Waals surface area contributed by atoms with Gasteiger partial charge < -0.3 is 16.4 Å². The quantitative estimate of drug-likeness (QED) is 0.632. The highest BCUT2D eigenvalue weighted by Gasteiger charge is 2.09. The molecule has 0 aromatic carbocycles. The monoisotopic (exact) mass is 236 g/mol. The van der Waals surface area contributed by atoms with Crippen molar-refractivity contribution in [1.82, 2.24) is 15.6 Å². The van der Waals surface area contributed by atoms with Crippen LogP contribution >= 0.6 is 0 Å². The fourth-order valence-corrected chi connectivity index (χ4v) is 1.26. The molecule has 92 valence electrons. The Morgan fingerprint density at radius 3 is 2.82 bits per heavy atom. The summed E-state index contributed by atoms with van der Waals surface area (Å²) in [5.41, 5.74) is 6.01. The van der Waals surface area contributed by atoms with E-state index in [2.05, 4.69) is 15.6 Å². The van der Waals surface area contributed by atoms with E-state index in [1.807, 2.05) is 13.0 Å². The van der Waals surface area contributed by atoms with E-state index in [9.17, 15) is 9.59 Å². The van der Waals surface area contributed by atoms with Crippen LogP contribution in [0.3, 0.4) is 0 Å². The maximum absolute atomic E-state index is 11.5. The summed E-state index contributed by atoms with van der Waals surface area (Å²) in [7, 11) is 0. The van der Waals surface area contributed by atoms with Crippen LogP contribution in [0.15, 0.2) is 24.5 Å². The van der Waals surface area contributed by atoms with Gasteiger partial charge in [-0.05, 0) is 18.6 Å². The number of rotatable bonds is 5. The Morgan fingerprint density at radius 1 is 1.47 bits per heavy atom. The lowest BCUT2D eigenvalue weighted by Crippen LogP contribution is -2.40. The van der Waals surface area contributed by atoms with Gasteiger partial charge in [0.1, 0.15) is 0 Å². The van der Waals surface area contributed by atoms with Crippen molar-refractivity contribution in [1.29, 1.82) is 0 Å². The molecule has 0 aliphatic heterocycles. The molecule has 6 heteroatoms. The molecule has 1 aromatic rings. The molecule has 6 nitrogen and oxygen atoms in total. The third kappa shape index (κ3) is 4.60. The minimum absolute atomic E-state index is 0.0688. The van der Waals surface area contributed by atoms with Crippen molar-refractivity contribution in [3.8, 4) is 0 Å². The highest BCUT2D eigenvalue weighted by atomic mass is 16.2. The first-order valence-electron chi connectivity index (χ1n) is 5.29. The molecule has 0 radical (unpaired) electrons. The predicted molar refractivity (Wildman–Crippen MR) is 62.9 cm³/mol. The fourth-order valence-electron chi connectivity index (χ4n) is 1.26. The first kappa shape index (κ1) is 13.1. The summed E-state index contributed by atoms with van der Waals surface area (Å²) in [5.74, 6) is -0.614. The molecule has 4 N–H and O–H groups in total. The van der Waals surface area contributed by atoms with Crippen molar-refractivity contribution in [3.63, 3.8) is 0 Å². The van der Waals surface area contributed by atoms with Crippen LogP contribution in [0.2, 0.25) is 0 Å². The molecule has 1 unspecified atom stereocenters. The van der Waals surface area contributed by atoms with Crippen LogP contribution in [-0.4, -0.2) is 29.9 Å². The van der Waals surface area contributed by atoms with Crippen LogP contribution in [0.4, 0.5) is 0 Å². The van der Waals surface area contributed by atoms with Gasteiger partial charge in [0.2, 0.25) is 11.8 Å². The van der Waals surface area contributed by atoms with Crippen LogP contribution in [0.5, 0.6) is 0 Å². The highest BCUT2D eigenvalue weighted by Crippen LogP contribution is 2.08. The summed E-state index contributed by atoms with van der Waals surface area (Å²) < 4.78 is 0. The number of aromatic nitrogens is 1. The lowest BCUT2D eigenvalue weighted by Gasteiger charge is -2.13. The number of carbonyl (C=O) groups is 2. The van der Waals surface area contributed by atoms with E-state index < -0.39 is 0 Å². The molecule has 0 saturated heterocycles. The van der Waals surface area contributed by atoms with E-state index in [1.54, 1.807) is 18.5 Å². The molecule has 1 heterocycles. The van der Waals surface area contributed by atoms with Crippen molar-refractivity contribution >= 4 is 11.8 Å². The van der Waals surface area contributed by atoms with Crippen LogP contribution in [-0.2, 0) is 9.59 Å². The van der Waals surface area contributed by atoms with Crippen LogP contribution in [0, 0.1) is 0 Å². The van der Waals surface area contributed by atoms with Crippen LogP contribution in [0.1, 0.15) is 18.5 Å². The molecule has 17 heavy (non-hydrogen) atoms. The molecule has 0 aliphatic carbocycles. The standard InChI is InChI=1S/C11H16N4O2/c1-8(9-3-2-4-13-6-9)15-11(17)7-14-10(16)5-12/h2-4,6,8H,5,7,12H2,1H3,(H,14,16)(H,15,17). The van der Waals surface area contributed by atoms with Gasteiger partial charge in [0.15, 0.2) is 0 Å². The third-order valence-corrected chi connectivity index (χ3v) is 2.19. The second-order valence-electron chi connectivity index (χ2n) is 3.56. The Kier molecular flexibility index (Phi) is 5.09. The molecule has 0 saturated carbocycles. The van der Waals surface area contributed by atoms with Crippen molar-refractivity contribution in [3.05, 3.63) is 30.1 Å². The maximum Gasteiger partial charge on any atom is 0.239 e. The zero-order valence-electron chi connectivity index (χ0n) is 9.64. The van der Waals surface area contributed by atoms with Crippen LogP contribution < -0.4 is 16.4 Å². The van der Waals surface area contributed by atoms with Crippen molar-refractivity contribution in [2.45, 2.75) is 13.0 Å². The number of carbonyl (C=O) groups excluding carboxylic acids is 2. The summed E-state index contributed by atoms with van der Waals surface area (Å²) in [6, 6.07) is 3.52. The van der Waals surface area contributed by atoms with E-state index >= 15 is 0 Å². The van der Waals surface area contributed by atoms with Gasteiger partial charge in [0.05, 0.1) is 19.1 Å². The molecule has 2 amide bonds. The van der Waals surface area contributed by atoms with Crippen molar-refractivity contribution in [2.75, 3.05) is 13.1 Å². The van der Waals surface area contributed by atoms with Gasteiger partial charge in [0.25, 0.3) is 0 Å². The first-order valence-corrected chi connectivity index (χ1v) is 5.29. The normalized spacial score (nSPS) is 11.6. The third-order valence-electron chi connectivity index (χ3n) is 2.19. The summed E-state index contributed by atoms with van der Waals surface area (Å²) in [4.78, 5) is 26.3. The number of hydrogen-bond acceptors (Lipinski definition) is 4. The van der Waals surface area contributed by atoms with E-state index in [4.69, 9.17) is 5.73 Å². The van der Waals surface area contributed by atoms with Gasteiger partial charge in [-0.25, -0.2) is 0 Å². The van der Waals surface area contributed by atoms with Gasteiger partial charge in [-0.1, -0.05) is 6.07 Å². The lowest BCUT2D eigenvalue weighted by atomic mass is 10.1. The van der Waals surface area contributed by atoms with Gasteiger partial charge in [-0.15, -0.1) is 0 Å². The van der Waals surface area contributed by atoms with E-state index in [-0.39, 0.29) is 30.9 Å². The number of pyridine rings is 1. The molecule has 0 aliphatic rings. The van der Waals surface area contributed by atoms with E-state index in [0.29, 0.717) is 0 Å². The molecule has 0 fully saturated rings. The number of nitrogens with one attached hydrogen (secondary N) is 2. The molecule has 0 bridgehead atoms. The highest BCUT2D eigenvalue weighted by molar-refractivity contribution is 5.85. The second-order valence-corrected chi connectivity index (χ2v) is 3.56. The molecular formula is C11H16N4O2. The van der Waals surface area contributed by atoms with Crippen LogP contribution in [0.25, 0.3) is 0 Å². The zero-order chi connectivity index (χ0) is 12.7. The van der Waals surface area contributed by atoms with Crippen molar-refractivity contribution < 1.29 is 9.59 Å².